The van der Waals surface area contributed by atoms with Gasteiger partial charge in [0.15, 0.2) is 28.8 Å². The van der Waals surface area contributed by atoms with Crippen LogP contribution in [0.5, 0.6) is 23.0 Å². The maximum absolute atomic E-state index is 13.5. The molecule has 11 nitrogen and oxygen atoms in total. The molecule has 3 heterocycles. The first-order valence-electron chi connectivity index (χ1n) is 14.8. The average molecular weight is 588 g/mol. The third-order valence-electron chi connectivity index (χ3n) is 8.40. The number of benzene rings is 2. The number of rotatable bonds is 9. The molecular weight excluding hydrogens is 550 g/mol. The van der Waals surface area contributed by atoms with Crippen molar-refractivity contribution in [2.75, 3.05) is 58.6 Å². The van der Waals surface area contributed by atoms with E-state index in [1.165, 1.54) is 0 Å². The summed E-state index contributed by atoms with van der Waals surface area (Å²) in [6, 6.07) is 15.2. The second kappa shape index (κ2) is 12.8. The molecule has 2 fully saturated rings. The van der Waals surface area contributed by atoms with E-state index in [1.54, 1.807) is 19.1 Å². The highest BCUT2D eigenvalue weighted by Gasteiger charge is 2.32. The minimum absolute atomic E-state index is 0.00184. The largest absolute Gasteiger partial charge is 0.493 e. The van der Waals surface area contributed by atoms with E-state index in [4.69, 9.17) is 18.9 Å². The molecule has 11 heteroatoms. The van der Waals surface area contributed by atoms with Crippen LogP contribution in [0.4, 0.5) is 5.82 Å². The van der Waals surface area contributed by atoms with E-state index < -0.39 is 0 Å². The zero-order valence-electron chi connectivity index (χ0n) is 24.7. The van der Waals surface area contributed by atoms with Gasteiger partial charge in [0.2, 0.25) is 18.6 Å². The number of hydrogen-bond acceptors (Lipinski definition) is 9. The number of amides is 2. The van der Waals surface area contributed by atoms with Gasteiger partial charge in [0.1, 0.15) is 6.54 Å². The fraction of sp³-hybridized carbons (Fsp3) is 0.438. The molecule has 3 aliphatic rings. The number of carbonyl (C=O) groups is 2. The lowest BCUT2D eigenvalue weighted by atomic mass is 9.84. The van der Waals surface area contributed by atoms with Gasteiger partial charge < -0.3 is 33.6 Å². The Morgan fingerprint density at radius 1 is 0.884 bits per heavy atom. The first-order valence-corrected chi connectivity index (χ1v) is 14.8. The van der Waals surface area contributed by atoms with E-state index >= 15 is 0 Å². The Morgan fingerprint density at radius 2 is 1.72 bits per heavy atom. The van der Waals surface area contributed by atoms with Gasteiger partial charge >= 0.3 is 0 Å². The molecule has 3 aromatic rings. The molecule has 43 heavy (non-hydrogen) atoms. The van der Waals surface area contributed by atoms with E-state index in [0.29, 0.717) is 49.2 Å². The Labute approximate surface area is 251 Å². The lowest BCUT2D eigenvalue weighted by molar-refractivity contribution is -0.145. The molecule has 1 aromatic heterocycles. The zero-order valence-corrected chi connectivity index (χ0v) is 24.7. The summed E-state index contributed by atoms with van der Waals surface area (Å²) in [6.07, 6.45) is 3.62. The van der Waals surface area contributed by atoms with Crippen molar-refractivity contribution in [1.29, 1.82) is 0 Å². The molecule has 0 N–H and O–H groups in total. The third-order valence-corrected chi connectivity index (χ3v) is 8.40. The van der Waals surface area contributed by atoms with Crippen molar-refractivity contribution >= 4 is 17.6 Å². The maximum atomic E-state index is 13.5. The van der Waals surface area contributed by atoms with Crippen LogP contribution in [0, 0.1) is 5.92 Å². The molecule has 2 aliphatic heterocycles. The number of carbonyl (C=O) groups excluding carboxylic acids is 2. The van der Waals surface area contributed by atoms with Gasteiger partial charge in [0.05, 0.1) is 19.9 Å². The summed E-state index contributed by atoms with van der Waals surface area (Å²) in [5, 5.41) is 8.96. The predicted octanol–water partition coefficient (Wildman–Crippen LogP) is 3.76. The molecule has 6 rings (SSSR count). The van der Waals surface area contributed by atoms with Crippen LogP contribution < -0.4 is 23.8 Å². The van der Waals surface area contributed by atoms with E-state index in [9.17, 15) is 9.59 Å². The van der Waals surface area contributed by atoms with Crippen molar-refractivity contribution in [3.63, 3.8) is 0 Å². The van der Waals surface area contributed by atoms with Crippen LogP contribution in [0.25, 0.3) is 11.3 Å². The number of anilines is 1. The van der Waals surface area contributed by atoms with Crippen LogP contribution in [0.15, 0.2) is 48.5 Å². The molecule has 0 bridgehead atoms. The van der Waals surface area contributed by atoms with Gasteiger partial charge in [0.25, 0.3) is 0 Å². The lowest BCUT2D eigenvalue weighted by Gasteiger charge is -2.33. The van der Waals surface area contributed by atoms with Crippen molar-refractivity contribution in [2.24, 2.45) is 5.92 Å². The summed E-state index contributed by atoms with van der Waals surface area (Å²) < 4.78 is 21.7. The molecule has 0 atom stereocenters. The van der Waals surface area contributed by atoms with Gasteiger partial charge in [-0.25, -0.2) is 0 Å². The number of ether oxygens (including phenoxy) is 4. The van der Waals surface area contributed by atoms with Gasteiger partial charge in [0, 0.05) is 44.2 Å². The quantitative estimate of drug-likeness (QED) is 0.370. The predicted molar refractivity (Wildman–Crippen MR) is 159 cm³/mol. The highest BCUT2D eigenvalue weighted by atomic mass is 16.7. The smallest absolute Gasteiger partial charge is 0.242 e. The number of nitrogens with zero attached hydrogens (tertiary/aromatic N) is 5. The van der Waals surface area contributed by atoms with Crippen molar-refractivity contribution in [1.82, 2.24) is 20.0 Å². The monoisotopic (exact) mass is 587 g/mol. The molecule has 0 spiro atoms. The lowest BCUT2D eigenvalue weighted by Crippen LogP contribution is -2.46. The Balaban J connectivity index is 1.09. The molecule has 1 aliphatic carbocycles. The average Bonchev–Trinajstić information content (AvgIpc) is 3.33. The van der Waals surface area contributed by atoms with Crippen molar-refractivity contribution in [3.05, 3.63) is 54.1 Å². The third kappa shape index (κ3) is 6.30. The van der Waals surface area contributed by atoms with E-state index in [-0.39, 0.29) is 31.1 Å². The van der Waals surface area contributed by atoms with Crippen molar-refractivity contribution in [2.45, 2.75) is 32.2 Å². The van der Waals surface area contributed by atoms with Crippen LogP contribution in [-0.2, 0) is 16.1 Å². The number of methoxy groups -OCH3 is 2. The van der Waals surface area contributed by atoms with E-state index in [2.05, 4.69) is 15.1 Å². The Bertz CT molecular complexity index is 1460. The summed E-state index contributed by atoms with van der Waals surface area (Å²) in [5.41, 5.74) is 2.53. The van der Waals surface area contributed by atoms with Gasteiger partial charge in [-0.2, -0.15) is 0 Å². The minimum atomic E-state index is -0.0369. The van der Waals surface area contributed by atoms with Crippen LogP contribution >= 0.6 is 0 Å². The van der Waals surface area contributed by atoms with Crippen LogP contribution in [0.1, 0.15) is 31.2 Å². The molecule has 1 saturated carbocycles. The molecular formula is C32H37N5O6. The number of hydrogen-bond donors (Lipinski definition) is 0. The topological polar surface area (TPSA) is 107 Å². The van der Waals surface area contributed by atoms with Crippen molar-refractivity contribution in [3.8, 4) is 34.3 Å². The summed E-state index contributed by atoms with van der Waals surface area (Å²) in [7, 11) is 3.21. The standard InChI is InChI=1S/C32H37N5O6/c1-40-26-11-8-24(18-28(26)41-2)25-9-12-30(34-33-25)35-13-4-14-36(16-15-35)31(38)20-37(32(39)23-5-3-6-23)19-22-7-10-27-29(17-22)43-21-42-27/h7-12,17-18,23H,3-6,13-16,19-21H2,1-2H3. The number of fused-ring (bicyclic) bond motifs is 1. The Hall–Kier alpha value is -4.54. The van der Waals surface area contributed by atoms with E-state index in [1.807, 2.05) is 53.4 Å². The van der Waals surface area contributed by atoms with Crippen molar-refractivity contribution < 1.29 is 28.5 Å². The fourth-order valence-corrected chi connectivity index (χ4v) is 5.69. The normalized spacial score (nSPS) is 16.3. The summed E-state index contributed by atoms with van der Waals surface area (Å²) in [6.45, 7) is 3.19. The Morgan fingerprint density at radius 3 is 2.47 bits per heavy atom. The van der Waals surface area contributed by atoms with Crippen LogP contribution in [-0.4, -0.2) is 85.5 Å². The SMILES string of the molecule is COc1ccc(-c2ccc(N3CCCN(C(=O)CN(Cc4ccc5c(c4)OCO5)C(=O)C4CCC4)CC3)nn2)cc1OC. The first kappa shape index (κ1) is 28.6. The number of aromatic nitrogens is 2. The Kier molecular flexibility index (Phi) is 8.48. The molecule has 2 aromatic carbocycles. The van der Waals surface area contributed by atoms with Gasteiger partial charge in [-0.3, -0.25) is 9.59 Å². The maximum Gasteiger partial charge on any atom is 0.242 e. The van der Waals surface area contributed by atoms with E-state index in [0.717, 1.165) is 54.9 Å². The van der Waals surface area contributed by atoms with Gasteiger partial charge in [-0.1, -0.05) is 12.5 Å². The van der Waals surface area contributed by atoms with Gasteiger partial charge in [-0.05, 0) is 67.3 Å². The summed E-state index contributed by atoms with van der Waals surface area (Å²) >= 11 is 0. The molecule has 2 amide bonds. The first-order chi connectivity index (χ1) is 21.0. The molecule has 0 unspecified atom stereocenters. The summed E-state index contributed by atoms with van der Waals surface area (Å²) in [4.78, 5) is 32.6. The highest BCUT2D eigenvalue weighted by molar-refractivity contribution is 5.86. The molecule has 0 radical (unpaired) electrons. The zero-order chi connectivity index (χ0) is 29.8. The van der Waals surface area contributed by atoms with Crippen LogP contribution in [0.2, 0.25) is 0 Å². The second-order valence-corrected chi connectivity index (χ2v) is 11.1. The summed E-state index contributed by atoms with van der Waals surface area (Å²) in [5.74, 6) is 3.45. The van der Waals surface area contributed by atoms with Gasteiger partial charge in [-0.15, -0.1) is 10.2 Å². The molecule has 1 saturated heterocycles. The molecule has 226 valence electrons. The van der Waals surface area contributed by atoms with Crippen LogP contribution in [0.3, 0.4) is 0 Å². The highest BCUT2D eigenvalue weighted by Crippen LogP contribution is 2.34. The second-order valence-electron chi connectivity index (χ2n) is 11.1. The minimum Gasteiger partial charge on any atom is -0.493 e. The fourth-order valence-electron chi connectivity index (χ4n) is 5.69.